The lowest BCUT2D eigenvalue weighted by atomic mass is 10.1. The monoisotopic (exact) mass is 336 g/mol. The lowest BCUT2D eigenvalue weighted by Gasteiger charge is -2.20. The fraction of sp³-hybridized carbons (Fsp3) is 0.250. The molecule has 2 aromatic rings. The molecule has 0 fully saturated rings. The van der Waals surface area contributed by atoms with Gasteiger partial charge in [-0.25, -0.2) is 4.39 Å². The van der Waals surface area contributed by atoms with Crippen LogP contribution in [0, 0.1) is 5.82 Å². The predicted octanol–water partition coefficient (Wildman–Crippen LogP) is 3.73. The number of rotatable bonds is 5. The van der Waals surface area contributed by atoms with Crippen LogP contribution in [0.2, 0.25) is 0 Å². The first-order valence-electron chi connectivity index (χ1n) is 6.54. The van der Waals surface area contributed by atoms with Crippen LogP contribution < -0.4 is 10.6 Å². The number of nitrogens with zero attached hydrogens (tertiary/aromatic N) is 1. The summed E-state index contributed by atoms with van der Waals surface area (Å²) in [5.74, 6) is -0.201. The molecular weight excluding hydrogens is 319 g/mol. The van der Waals surface area contributed by atoms with Crippen LogP contribution in [0.1, 0.15) is 11.1 Å². The molecule has 0 unspecified atom stereocenters. The van der Waals surface area contributed by atoms with E-state index in [2.05, 4.69) is 15.9 Å². The Hall–Kier alpha value is -1.39. The largest absolute Gasteiger partial charge is 0.368 e. The smallest absolute Gasteiger partial charge is 0.146 e. The van der Waals surface area contributed by atoms with E-state index in [4.69, 9.17) is 5.73 Å². The molecule has 0 amide bonds. The van der Waals surface area contributed by atoms with Gasteiger partial charge in [-0.05, 0) is 48.4 Å². The summed E-state index contributed by atoms with van der Waals surface area (Å²) in [6, 6.07) is 13.3. The third kappa shape index (κ3) is 3.81. The summed E-state index contributed by atoms with van der Waals surface area (Å²) >= 11 is 3.45. The zero-order valence-electron chi connectivity index (χ0n) is 11.4. The molecule has 0 atom stereocenters. The second-order valence-electron chi connectivity index (χ2n) is 4.81. The van der Waals surface area contributed by atoms with E-state index >= 15 is 0 Å². The normalized spacial score (nSPS) is 10.6. The predicted molar refractivity (Wildman–Crippen MR) is 85.4 cm³/mol. The highest BCUT2D eigenvalue weighted by atomic mass is 79.9. The quantitative estimate of drug-likeness (QED) is 0.901. The summed E-state index contributed by atoms with van der Waals surface area (Å²) in [6.07, 6.45) is 0.701. The molecule has 0 saturated carbocycles. The third-order valence-corrected chi connectivity index (χ3v) is 3.66. The molecular formula is C16H18BrFN2. The number of hydrogen-bond donors (Lipinski definition) is 1. The van der Waals surface area contributed by atoms with Crippen LogP contribution in [-0.4, -0.2) is 13.6 Å². The fourth-order valence-electron chi connectivity index (χ4n) is 2.18. The molecule has 2 N–H and O–H groups in total. The van der Waals surface area contributed by atoms with Gasteiger partial charge in [0, 0.05) is 18.1 Å². The fourth-order valence-corrected chi connectivity index (χ4v) is 2.62. The van der Waals surface area contributed by atoms with Crippen molar-refractivity contribution in [2.45, 2.75) is 13.0 Å². The van der Waals surface area contributed by atoms with Crippen LogP contribution in [0.25, 0.3) is 0 Å². The highest BCUT2D eigenvalue weighted by molar-refractivity contribution is 9.10. The molecule has 106 valence electrons. The molecule has 2 nitrogen and oxygen atoms in total. The topological polar surface area (TPSA) is 29.3 Å². The molecule has 0 spiro atoms. The minimum Gasteiger partial charge on any atom is -0.368 e. The van der Waals surface area contributed by atoms with Crippen molar-refractivity contribution in [2.24, 2.45) is 5.73 Å². The van der Waals surface area contributed by atoms with Gasteiger partial charge >= 0.3 is 0 Å². The van der Waals surface area contributed by atoms with Crippen molar-refractivity contribution >= 4 is 21.6 Å². The molecule has 0 heterocycles. The average Bonchev–Trinajstić information content (AvgIpc) is 2.39. The minimum absolute atomic E-state index is 0.201. The second-order valence-corrected chi connectivity index (χ2v) is 5.73. The lowest BCUT2D eigenvalue weighted by Crippen LogP contribution is -2.18. The van der Waals surface area contributed by atoms with Crippen molar-refractivity contribution in [1.82, 2.24) is 0 Å². The molecule has 0 bridgehead atoms. The Labute approximate surface area is 127 Å². The Kier molecular flexibility index (Phi) is 5.15. The van der Waals surface area contributed by atoms with E-state index in [9.17, 15) is 4.39 Å². The van der Waals surface area contributed by atoms with E-state index in [0.29, 0.717) is 25.2 Å². The van der Waals surface area contributed by atoms with Crippen LogP contribution in [0.4, 0.5) is 10.1 Å². The average molecular weight is 337 g/mol. The van der Waals surface area contributed by atoms with Crippen LogP contribution in [0.15, 0.2) is 46.9 Å². The highest BCUT2D eigenvalue weighted by Crippen LogP contribution is 2.22. The van der Waals surface area contributed by atoms with Gasteiger partial charge in [-0.3, -0.25) is 0 Å². The van der Waals surface area contributed by atoms with E-state index in [1.54, 1.807) is 6.07 Å². The Morgan fingerprint density at radius 3 is 2.60 bits per heavy atom. The minimum atomic E-state index is -0.201. The van der Waals surface area contributed by atoms with E-state index in [0.717, 1.165) is 15.6 Å². The Morgan fingerprint density at radius 2 is 1.95 bits per heavy atom. The maximum atomic E-state index is 14.1. The van der Waals surface area contributed by atoms with Crippen molar-refractivity contribution in [3.05, 3.63) is 63.9 Å². The maximum Gasteiger partial charge on any atom is 0.146 e. The Morgan fingerprint density at radius 1 is 1.15 bits per heavy atom. The van der Waals surface area contributed by atoms with E-state index in [1.165, 1.54) is 0 Å². The van der Waals surface area contributed by atoms with Crippen molar-refractivity contribution < 1.29 is 4.39 Å². The molecule has 0 aliphatic heterocycles. The van der Waals surface area contributed by atoms with Gasteiger partial charge in [-0.1, -0.05) is 34.1 Å². The zero-order chi connectivity index (χ0) is 14.5. The molecule has 4 heteroatoms. The summed E-state index contributed by atoms with van der Waals surface area (Å²) in [7, 11) is 1.89. The van der Waals surface area contributed by atoms with Crippen LogP contribution in [0.3, 0.4) is 0 Å². The number of benzene rings is 2. The molecule has 0 radical (unpaired) electrons. The Bertz CT molecular complexity index is 586. The van der Waals surface area contributed by atoms with Gasteiger partial charge in [0.1, 0.15) is 5.82 Å². The summed E-state index contributed by atoms with van der Waals surface area (Å²) in [4.78, 5) is 1.91. The maximum absolute atomic E-state index is 14.1. The van der Waals surface area contributed by atoms with Crippen molar-refractivity contribution in [3.63, 3.8) is 0 Å². The molecule has 20 heavy (non-hydrogen) atoms. The summed E-state index contributed by atoms with van der Waals surface area (Å²) in [5.41, 5.74) is 8.16. The molecule has 0 aromatic heterocycles. The summed E-state index contributed by atoms with van der Waals surface area (Å²) < 4.78 is 15.1. The van der Waals surface area contributed by atoms with Gasteiger partial charge in [-0.2, -0.15) is 0 Å². The number of hydrogen-bond acceptors (Lipinski definition) is 2. The lowest BCUT2D eigenvalue weighted by molar-refractivity contribution is 0.620. The van der Waals surface area contributed by atoms with Gasteiger partial charge in [0.25, 0.3) is 0 Å². The van der Waals surface area contributed by atoms with Crippen molar-refractivity contribution in [3.8, 4) is 0 Å². The van der Waals surface area contributed by atoms with Gasteiger partial charge in [0.15, 0.2) is 0 Å². The number of nitrogens with two attached hydrogens (primary N) is 1. The summed E-state index contributed by atoms with van der Waals surface area (Å²) in [6.45, 7) is 1.19. The summed E-state index contributed by atoms with van der Waals surface area (Å²) in [5, 5.41) is 0. The van der Waals surface area contributed by atoms with E-state index in [1.807, 2.05) is 48.3 Å². The first-order valence-corrected chi connectivity index (χ1v) is 7.33. The molecule has 0 saturated heterocycles. The van der Waals surface area contributed by atoms with Crippen LogP contribution in [-0.2, 0) is 13.0 Å². The van der Waals surface area contributed by atoms with Crippen LogP contribution in [0.5, 0.6) is 0 Å². The molecule has 0 aliphatic carbocycles. The molecule has 2 rings (SSSR count). The highest BCUT2D eigenvalue weighted by Gasteiger charge is 2.09. The zero-order valence-corrected chi connectivity index (χ0v) is 13.0. The van der Waals surface area contributed by atoms with Gasteiger partial charge in [-0.15, -0.1) is 0 Å². The SMILES string of the molecule is CN(Cc1cccc(Br)c1)c1ccc(CCN)cc1F. The third-order valence-electron chi connectivity index (χ3n) is 3.17. The first kappa shape index (κ1) is 15.0. The first-order chi connectivity index (χ1) is 9.60. The van der Waals surface area contributed by atoms with Gasteiger partial charge < -0.3 is 10.6 Å². The standard InChI is InChI=1S/C16H18BrFN2/c1-20(11-13-3-2-4-14(17)9-13)16-6-5-12(7-8-19)10-15(16)18/h2-6,9-10H,7-8,11,19H2,1H3. The van der Waals surface area contributed by atoms with Crippen molar-refractivity contribution in [2.75, 3.05) is 18.5 Å². The van der Waals surface area contributed by atoms with Crippen LogP contribution >= 0.6 is 15.9 Å². The number of anilines is 1. The van der Waals surface area contributed by atoms with E-state index in [-0.39, 0.29) is 5.82 Å². The number of halogens is 2. The molecule has 2 aromatic carbocycles. The van der Waals surface area contributed by atoms with Gasteiger partial charge in [0.05, 0.1) is 5.69 Å². The molecule has 0 aliphatic rings. The Balaban J connectivity index is 2.14. The van der Waals surface area contributed by atoms with E-state index < -0.39 is 0 Å². The van der Waals surface area contributed by atoms with Crippen molar-refractivity contribution in [1.29, 1.82) is 0 Å². The second kappa shape index (κ2) is 6.86. The van der Waals surface area contributed by atoms with Gasteiger partial charge in [0.2, 0.25) is 0 Å².